The fraction of sp³-hybridized carbons (Fsp3) is 0.118. The van der Waals surface area contributed by atoms with E-state index in [1.54, 1.807) is 18.3 Å². The molecule has 2 aromatic carbocycles. The number of nitrogens with one attached hydrogen (secondary N) is 1. The maximum absolute atomic E-state index is 10.9. The Balaban J connectivity index is 1.82. The number of nitrogens with zero attached hydrogens (tertiary/aromatic N) is 3. The largest absolute Gasteiger partial charge is 0.352 e. The number of nitro groups is 1. The molecule has 0 aliphatic heterocycles. The fourth-order valence-corrected chi connectivity index (χ4v) is 2.40. The molecule has 0 atom stereocenters. The maximum atomic E-state index is 10.9. The number of nitro benzene ring substituents is 1. The second kappa shape index (κ2) is 6.31. The molecule has 6 nitrogen and oxygen atoms in total. The van der Waals surface area contributed by atoms with E-state index >= 15 is 0 Å². The summed E-state index contributed by atoms with van der Waals surface area (Å²) in [5.74, 6) is 0.718. The zero-order valence-corrected chi connectivity index (χ0v) is 12.6. The summed E-state index contributed by atoms with van der Waals surface area (Å²) in [6.07, 6.45) is 1.71. The molecule has 0 saturated heterocycles. The molecule has 0 spiro atoms. The van der Waals surface area contributed by atoms with E-state index in [2.05, 4.69) is 10.3 Å². The van der Waals surface area contributed by atoms with E-state index in [1.165, 1.54) is 6.07 Å². The van der Waals surface area contributed by atoms with E-state index in [9.17, 15) is 10.1 Å². The first kappa shape index (κ1) is 14.8. The number of hydrogen-bond acceptors (Lipinski definition) is 4. The molecule has 1 N–H and O–H groups in total. The predicted molar refractivity (Wildman–Crippen MR) is 89.1 cm³/mol. The number of imidazole rings is 1. The lowest BCUT2D eigenvalue weighted by Crippen LogP contribution is -2.05. The molecule has 1 aromatic heterocycles. The number of hydrogen-bond donors (Lipinski definition) is 1. The Bertz CT molecular complexity index is 828. The summed E-state index contributed by atoms with van der Waals surface area (Å²) in [5.41, 5.74) is 2.82. The van der Waals surface area contributed by atoms with Crippen LogP contribution in [-0.2, 0) is 13.6 Å². The first-order valence-corrected chi connectivity index (χ1v) is 7.19. The Hall–Kier alpha value is -3.15. The van der Waals surface area contributed by atoms with Crippen LogP contribution in [0.25, 0.3) is 11.3 Å². The van der Waals surface area contributed by atoms with Gasteiger partial charge in [0.2, 0.25) is 5.95 Å². The van der Waals surface area contributed by atoms with Crippen LogP contribution in [0.3, 0.4) is 0 Å². The standard InChI is InChI=1S/C17H16N4O2/c1-20-16(14-8-5-9-15(10-14)21(22)23)12-19-17(20)18-11-13-6-3-2-4-7-13/h2-10,12H,11H2,1H3,(H,18,19). The van der Waals surface area contributed by atoms with Gasteiger partial charge in [0.25, 0.3) is 5.69 Å². The first-order chi connectivity index (χ1) is 11.1. The third-order valence-electron chi connectivity index (χ3n) is 3.63. The zero-order chi connectivity index (χ0) is 16.2. The average Bonchev–Trinajstić information content (AvgIpc) is 2.95. The van der Waals surface area contributed by atoms with E-state index in [1.807, 2.05) is 48.0 Å². The minimum absolute atomic E-state index is 0.0718. The van der Waals surface area contributed by atoms with Crippen molar-refractivity contribution in [2.45, 2.75) is 6.54 Å². The SMILES string of the molecule is Cn1c(-c2cccc([N+](=O)[O-])c2)cnc1NCc1ccccc1. The molecule has 0 aliphatic carbocycles. The lowest BCUT2D eigenvalue weighted by molar-refractivity contribution is -0.384. The van der Waals surface area contributed by atoms with Gasteiger partial charge in [0.05, 0.1) is 16.8 Å². The number of non-ortho nitro benzene ring substituents is 1. The van der Waals surface area contributed by atoms with Crippen LogP contribution in [0.4, 0.5) is 11.6 Å². The van der Waals surface area contributed by atoms with E-state index in [0.29, 0.717) is 6.54 Å². The van der Waals surface area contributed by atoms with Crippen LogP contribution in [0.5, 0.6) is 0 Å². The van der Waals surface area contributed by atoms with Crippen molar-refractivity contribution in [3.8, 4) is 11.3 Å². The van der Waals surface area contributed by atoms with Crippen LogP contribution in [-0.4, -0.2) is 14.5 Å². The number of rotatable bonds is 5. The number of anilines is 1. The first-order valence-electron chi connectivity index (χ1n) is 7.19. The molecule has 0 amide bonds. The minimum atomic E-state index is -0.394. The highest BCUT2D eigenvalue weighted by atomic mass is 16.6. The quantitative estimate of drug-likeness (QED) is 0.577. The van der Waals surface area contributed by atoms with E-state index in [0.717, 1.165) is 22.8 Å². The van der Waals surface area contributed by atoms with Gasteiger partial charge in [0.1, 0.15) is 0 Å². The third-order valence-corrected chi connectivity index (χ3v) is 3.63. The summed E-state index contributed by atoms with van der Waals surface area (Å²) in [6, 6.07) is 16.6. The molecule has 0 aliphatic rings. The normalized spacial score (nSPS) is 10.5. The van der Waals surface area contributed by atoms with Crippen molar-refractivity contribution in [3.63, 3.8) is 0 Å². The van der Waals surface area contributed by atoms with Crippen molar-refractivity contribution in [1.29, 1.82) is 0 Å². The highest BCUT2D eigenvalue weighted by Crippen LogP contribution is 2.25. The molecule has 0 radical (unpaired) electrons. The van der Waals surface area contributed by atoms with Crippen LogP contribution in [0.1, 0.15) is 5.56 Å². The smallest absolute Gasteiger partial charge is 0.270 e. The van der Waals surface area contributed by atoms with Crippen molar-refractivity contribution < 1.29 is 4.92 Å². The summed E-state index contributed by atoms with van der Waals surface area (Å²) >= 11 is 0. The number of benzene rings is 2. The second-order valence-electron chi connectivity index (χ2n) is 5.17. The van der Waals surface area contributed by atoms with Crippen molar-refractivity contribution >= 4 is 11.6 Å². The van der Waals surface area contributed by atoms with Crippen molar-refractivity contribution in [2.75, 3.05) is 5.32 Å². The molecule has 0 bridgehead atoms. The summed E-state index contributed by atoms with van der Waals surface area (Å²) in [5, 5.41) is 14.2. The molecule has 3 aromatic rings. The van der Waals surface area contributed by atoms with Gasteiger partial charge >= 0.3 is 0 Å². The van der Waals surface area contributed by atoms with E-state index in [-0.39, 0.29) is 5.69 Å². The van der Waals surface area contributed by atoms with Crippen molar-refractivity contribution in [3.05, 3.63) is 76.5 Å². The van der Waals surface area contributed by atoms with Crippen molar-refractivity contribution in [2.24, 2.45) is 7.05 Å². The molecule has 0 unspecified atom stereocenters. The summed E-state index contributed by atoms with van der Waals surface area (Å²) in [7, 11) is 1.88. The topological polar surface area (TPSA) is 73.0 Å². The summed E-state index contributed by atoms with van der Waals surface area (Å²) in [6.45, 7) is 0.667. The fourth-order valence-electron chi connectivity index (χ4n) is 2.40. The van der Waals surface area contributed by atoms with E-state index in [4.69, 9.17) is 0 Å². The van der Waals surface area contributed by atoms with Gasteiger partial charge in [-0.15, -0.1) is 0 Å². The molecule has 1 heterocycles. The monoisotopic (exact) mass is 308 g/mol. The highest BCUT2D eigenvalue weighted by Gasteiger charge is 2.12. The van der Waals surface area contributed by atoms with Crippen LogP contribution in [0.15, 0.2) is 60.8 Å². The molecular weight excluding hydrogens is 292 g/mol. The average molecular weight is 308 g/mol. The van der Waals surface area contributed by atoms with Gasteiger partial charge in [-0.2, -0.15) is 0 Å². The Kier molecular flexibility index (Phi) is 4.05. The summed E-state index contributed by atoms with van der Waals surface area (Å²) in [4.78, 5) is 14.9. The Labute approximate surface area is 133 Å². The lowest BCUT2D eigenvalue weighted by Gasteiger charge is -2.08. The maximum Gasteiger partial charge on any atom is 0.270 e. The Morgan fingerprint density at radius 1 is 1.17 bits per heavy atom. The molecule has 23 heavy (non-hydrogen) atoms. The predicted octanol–water partition coefficient (Wildman–Crippen LogP) is 3.61. The molecule has 0 fully saturated rings. The second-order valence-corrected chi connectivity index (χ2v) is 5.17. The third kappa shape index (κ3) is 3.21. The van der Waals surface area contributed by atoms with Crippen LogP contribution in [0, 0.1) is 10.1 Å². The summed E-state index contributed by atoms with van der Waals surface area (Å²) < 4.78 is 1.89. The van der Waals surface area contributed by atoms with Crippen molar-refractivity contribution in [1.82, 2.24) is 9.55 Å². The van der Waals surface area contributed by atoms with Crippen LogP contribution < -0.4 is 5.32 Å². The lowest BCUT2D eigenvalue weighted by atomic mass is 10.1. The molecule has 116 valence electrons. The zero-order valence-electron chi connectivity index (χ0n) is 12.6. The van der Waals surface area contributed by atoms with Gasteiger partial charge in [0, 0.05) is 31.3 Å². The van der Waals surface area contributed by atoms with E-state index < -0.39 is 4.92 Å². The molecule has 3 rings (SSSR count). The Morgan fingerprint density at radius 2 is 1.96 bits per heavy atom. The van der Waals surface area contributed by atoms with Gasteiger partial charge in [-0.3, -0.25) is 10.1 Å². The molecule has 0 saturated carbocycles. The van der Waals surface area contributed by atoms with Gasteiger partial charge in [-0.05, 0) is 5.56 Å². The van der Waals surface area contributed by atoms with Gasteiger partial charge in [-0.1, -0.05) is 42.5 Å². The van der Waals surface area contributed by atoms with Gasteiger partial charge in [-0.25, -0.2) is 4.98 Å². The van der Waals surface area contributed by atoms with Crippen LogP contribution >= 0.6 is 0 Å². The van der Waals surface area contributed by atoms with Gasteiger partial charge < -0.3 is 9.88 Å². The molecule has 6 heteroatoms. The minimum Gasteiger partial charge on any atom is -0.352 e. The molecular formula is C17H16N4O2. The van der Waals surface area contributed by atoms with Crippen LogP contribution in [0.2, 0.25) is 0 Å². The highest BCUT2D eigenvalue weighted by molar-refractivity contribution is 5.64. The Morgan fingerprint density at radius 3 is 2.70 bits per heavy atom. The number of aromatic nitrogens is 2. The van der Waals surface area contributed by atoms with Gasteiger partial charge in [0.15, 0.2) is 0 Å².